The molecule has 8 heteroatoms. The minimum atomic E-state index is -0.337. The summed E-state index contributed by atoms with van der Waals surface area (Å²) in [5.74, 6) is 1.75. The third kappa shape index (κ3) is 3.78. The molecule has 0 bridgehead atoms. The van der Waals surface area contributed by atoms with E-state index in [-0.39, 0.29) is 23.4 Å². The van der Waals surface area contributed by atoms with Gasteiger partial charge in [-0.3, -0.25) is 0 Å². The van der Waals surface area contributed by atoms with E-state index in [9.17, 15) is 4.39 Å². The number of nitrogens with one attached hydrogen (secondary N) is 1. The van der Waals surface area contributed by atoms with E-state index < -0.39 is 0 Å². The number of rotatable bonds is 5. The Labute approximate surface area is 176 Å². The Bertz CT molecular complexity index is 1350. The van der Waals surface area contributed by atoms with Crippen molar-refractivity contribution in [2.24, 2.45) is 0 Å². The lowest BCUT2D eigenvalue weighted by atomic mass is 10.2. The molecule has 0 saturated heterocycles. The van der Waals surface area contributed by atoms with Crippen molar-refractivity contribution in [1.82, 2.24) is 20.2 Å². The molecule has 2 heterocycles. The average Bonchev–Trinajstić information content (AvgIpc) is 3.30. The van der Waals surface area contributed by atoms with Gasteiger partial charge < -0.3 is 14.5 Å². The lowest BCUT2D eigenvalue weighted by molar-refractivity contribution is 0.415. The highest BCUT2D eigenvalue weighted by Crippen LogP contribution is 2.29. The molecule has 2 aromatic heterocycles. The molecule has 5 rings (SSSR count). The van der Waals surface area contributed by atoms with Gasteiger partial charge in [-0.25, -0.2) is 14.4 Å². The van der Waals surface area contributed by atoms with Crippen molar-refractivity contribution in [1.29, 1.82) is 0 Å². The first-order valence-electron chi connectivity index (χ1n) is 9.47. The van der Waals surface area contributed by atoms with Crippen molar-refractivity contribution in [3.63, 3.8) is 0 Å². The van der Waals surface area contributed by atoms with E-state index in [0.29, 0.717) is 11.4 Å². The Morgan fingerprint density at radius 2 is 1.58 bits per heavy atom. The normalized spacial score (nSPS) is 10.9. The van der Waals surface area contributed by atoms with Crippen LogP contribution in [0.15, 0.2) is 77.2 Å². The lowest BCUT2D eigenvalue weighted by Crippen LogP contribution is -1.99. The predicted octanol–water partition coefficient (Wildman–Crippen LogP) is 5.24. The van der Waals surface area contributed by atoms with Crippen molar-refractivity contribution in [3.8, 4) is 28.9 Å². The van der Waals surface area contributed by atoms with E-state index in [1.165, 1.54) is 12.1 Å². The molecule has 152 valence electrons. The summed E-state index contributed by atoms with van der Waals surface area (Å²) in [7, 11) is 1.62. The number of ether oxygens (including phenoxy) is 1. The number of fused-ring (bicyclic) bond motifs is 1. The van der Waals surface area contributed by atoms with Crippen LogP contribution in [0.5, 0.6) is 5.75 Å². The van der Waals surface area contributed by atoms with Crippen LogP contribution >= 0.6 is 0 Å². The third-order valence-corrected chi connectivity index (χ3v) is 4.66. The highest BCUT2D eigenvalue weighted by atomic mass is 19.1. The van der Waals surface area contributed by atoms with Crippen LogP contribution in [0.2, 0.25) is 0 Å². The Morgan fingerprint density at radius 3 is 2.35 bits per heavy atom. The van der Waals surface area contributed by atoms with Crippen LogP contribution in [0, 0.1) is 5.82 Å². The van der Waals surface area contributed by atoms with Crippen molar-refractivity contribution < 1.29 is 13.5 Å². The van der Waals surface area contributed by atoms with Crippen LogP contribution in [0.3, 0.4) is 0 Å². The van der Waals surface area contributed by atoms with E-state index in [4.69, 9.17) is 9.15 Å². The maximum Gasteiger partial charge on any atom is 0.286 e. The van der Waals surface area contributed by atoms with Gasteiger partial charge in [0.05, 0.1) is 12.6 Å². The number of aromatic nitrogens is 4. The SMILES string of the molecule is COc1ccc(Nc2nc(-c3nnc(-c4ccc(F)cc4)o3)nc3ccccc23)cc1. The molecular formula is C23H16FN5O2. The van der Waals surface area contributed by atoms with Crippen molar-refractivity contribution in [2.75, 3.05) is 12.4 Å². The zero-order valence-electron chi connectivity index (χ0n) is 16.4. The smallest absolute Gasteiger partial charge is 0.286 e. The fourth-order valence-electron chi connectivity index (χ4n) is 3.10. The lowest BCUT2D eigenvalue weighted by Gasteiger charge is -2.10. The van der Waals surface area contributed by atoms with Crippen LogP contribution in [-0.4, -0.2) is 27.3 Å². The minimum absolute atomic E-state index is 0.169. The molecule has 1 N–H and O–H groups in total. The largest absolute Gasteiger partial charge is 0.497 e. The highest BCUT2D eigenvalue weighted by Gasteiger charge is 2.16. The summed E-state index contributed by atoms with van der Waals surface area (Å²) < 4.78 is 24.2. The van der Waals surface area contributed by atoms with Gasteiger partial charge in [0, 0.05) is 16.6 Å². The summed E-state index contributed by atoms with van der Waals surface area (Å²) in [6.45, 7) is 0. The summed E-state index contributed by atoms with van der Waals surface area (Å²) in [6.07, 6.45) is 0. The van der Waals surface area contributed by atoms with Gasteiger partial charge in [-0.2, -0.15) is 0 Å². The number of halogens is 1. The molecule has 5 aromatic rings. The number of anilines is 2. The van der Waals surface area contributed by atoms with Crippen LogP contribution in [0.4, 0.5) is 15.9 Å². The van der Waals surface area contributed by atoms with Crippen LogP contribution in [0.25, 0.3) is 34.1 Å². The molecule has 31 heavy (non-hydrogen) atoms. The van der Waals surface area contributed by atoms with Gasteiger partial charge >= 0.3 is 0 Å². The number of hydrogen-bond acceptors (Lipinski definition) is 7. The van der Waals surface area contributed by atoms with E-state index in [0.717, 1.165) is 22.3 Å². The Hall–Kier alpha value is -4.33. The molecule has 3 aromatic carbocycles. The zero-order chi connectivity index (χ0) is 21.2. The number of nitrogens with zero attached hydrogens (tertiary/aromatic N) is 4. The fourth-order valence-corrected chi connectivity index (χ4v) is 3.10. The second-order valence-electron chi connectivity index (χ2n) is 6.69. The summed E-state index contributed by atoms with van der Waals surface area (Å²) >= 11 is 0. The van der Waals surface area contributed by atoms with Gasteiger partial charge in [0.2, 0.25) is 11.7 Å². The maximum atomic E-state index is 13.2. The molecule has 7 nitrogen and oxygen atoms in total. The first-order chi connectivity index (χ1) is 15.2. The van der Waals surface area contributed by atoms with Gasteiger partial charge in [0.1, 0.15) is 17.4 Å². The predicted molar refractivity (Wildman–Crippen MR) is 115 cm³/mol. The summed E-state index contributed by atoms with van der Waals surface area (Å²) in [4.78, 5) is 9.19. The average molecular weight is 413 g/mol. The molecule has 0 amide bonds. The second-order valence-corrected chi connectivity index (χ2v) is 6.69. The Morgan fingerprint density at radius 1 is 0.839 bits per heavy atom. The fraction of sp³-hybridized carbons (Fsp3) is 0.0435. The number of para-hydroxylation sites is 1. The topological polar surface area (TPSA) is 86.0 Å². The van der Waals surface area contributed by atoms with E-state index in [1.54, 1.807) is 19.2 Å². The number of benzene rings is 3. The standard InChI is InChI=1S/C23H16FN5O2/c1-30-17-12-10-16(11-13-17)25-20-18-4-2-3-5-19(18)26-21(27-20)23-29-28-22(31-23)14-6-8-15(24)9-7-14/h2-13H,1H3,(H,25,26,27). The molecule has 0 atom stereocenters. The summed E-state index contributed by atoms with van der Waals surface area (Å²) in [5, 5.41) is 12.3. The van der Waals surface area contributed by atoms with Gasteiger partial charge in [-0.1, -0.05) is 12.1 Å². The third-order valence-electron chi connectivity index (χ3n) is 4.66. The quantitative estimate of drug-likeness (QED) is 0.422. The molecule has 0 spiro atoms. The van der Waals surface area contributed by atoms with E-state index in [2.05, 4.69) is 25.5 Å². The molecular weight excluding hydrogens is 397 g/mol. The van der Waals surface area contributed by atoms with Gasteiger partial charge in [0.15, 0.2) is 0 Å². The second kappa shape index (κ2) is 7.83. The minimum Gasteiger partial charge on any atom is -0.497 e. The monoisotopic (exact) mass is 413 g/mol. The molecule has 0 aliphatic heterocycles. The van der Waals surface area contributed by atoms with E-state index in [1.807, 2.05) is 48.5 Å². The summed E-state index contributed by atoms with van der Waals surface area (Å²) in [5.41, 5.74) is 2.18. The number of hydrogen-bond donors (Lipinski definition) is 1. The molecule has 0 aliphatic carbocycles. The van der Waals surface area contributed by atoms with Gasteiger partial charge in [-0.15, -0.1) is 10.2 Å². The van der Waals surface area contributed by atoms with Crippen molar-refractivity contribution in [3.05, 3.63) is 78.6 Å². The Balaban J connectivity index is 1.54. The molecule has 0 aliphatic rings. The maximum absolute atomic E-state index is 13.2. The Kier molecular flexibility index (Phi) is 4.72. The molecule has 0 unspecified atom stereocenters. The highest BCUT2D eigenvalue weighted by molar-refractivity contribution is 5.91. The zero-order valence-corrected chi connectivity index (χ0v) is 16.4. The summed E-state index contributed by atoms with van der Waals surface area (Å²) in [6, 6.07) is 21.0. The van der Waals surface area contributed by atoms with Gasteiger partial charge in [0.25, 0.3) is 5.89 Å². The first kappa shape index (κ1) is 18.7. The number of methoxy groups -OCH3 is 1. The van der Waals surface area contributed by atoms with E-state index >= 15 is 0 Å². The van der Waals surface area contributed by atoms with Crippen LogP contribution in [0.1, 0.15) is 0 Å². The van der Waals surface area contributed by atoms with Gasteiger partial charge in [-0.05, 0) is 60.7 Å². The molecule has 0 saturated carbocycles. The molecule has 0 radical (unpaired) electrons. The van der Waals surface area contributed by atoms with Crippen molar-refractivity contribution >= 4 is 22.4 Å². The first-order valence-corrected chi connectivity index (χ1v) is 9.47. The van der Waals surface area contributed by atoms with Crippen LogP contribution < -0.4 is 10.1 Å². The van der Waals surface area contributed by atoms with Crippen molar-refractivity contribution in [2.45, 2.75) is 0 Å². The molecule has 0 fully saturated rings. The van der Waals surface area contributed by atoms with Crippen LogP contribution in [-0.2, 0) is 0 Å².